The van der Waals surface area contributed by atoms with Crippen LogP contribution in [0.2, 0.25) is 0 Å². The summed E-state index contributed by atoms with van der Waals surface area (Å²) >= 11 is 0. The highest BCUT2D eigenvalue weighted by Crippen LogP contribution is 2.38. The lowest BCUT2D eigenvalue weighted by Gasteiger charge is -2.53. The minimum Gasteiger partial charge on any atom is -0.365 e. The van der Waals surface area contributed by atoms with Gasteiger partial charge in [-0.1, -0.05) is 5.22 Å². The number of halogens is 2. The Hall–Kier alpha value is -3.41. The molecule has 188 valence electrons. The summed E-state index contributed by atoms with van der Waals surface area (Å²) in [5.74, 6) is -1.18. The molecule has 12 heteroatoms. The summed E-state index contributed by atoms with van der Waals surface area (Å²) in [4.78, 5) is 22.4. The molecule has 1 aliphatic rings. The van der Waals surface area contributed by atoms with E-state index in [-0.39, 0.29) is 43.1 Å². The van der Waals surface area contributed by atoms with Gasteiger partial charge >= 0.3 is 6.03 Å². The monoisotopic (exact) mass is 479 g/mol. The molecule has 0 atom stereocenters. The molecule has 2 heterocycles. The van der Waals surface area contributed by atoms with Gasteiger partial charge in [-0.2, -0.15) is 15.5 Å². The van der Waals surface area contributed by atoms with E-state index in [4.69, 9.17) is 5.53 Å². The van der Waals surface area contributed by atoms with Crippen molar-refractivity contribution in [3.8, 4) is 0 Å². The van der Waals surface area contributed by atoms with Crippen LogP contribution in [0.15, 0.2) is 29.6 Å². The molecule has 0 aliphatic carbocycles. The minimum atomic E-state index is -0.708. The van der Waals surface area contributed by atoms with E-state index in [1.165, 1.54) is 13.1 Å². The maximum absolute atomic E-state index is 14.6. The molecule has 0 saturated carbocycles. The number of nitrogens with zero attached hydrogens (tertiary/aromatic N) is 5. The summed E-state index contributed by atoms with van der Waals surface area (Å²) in [6.07, 6.45) is 2.62. The van der Waals surface area contributed by atoms with Crippen molar-refractivity contribution in [2.24, 2.45) is 5.22 Å². The quantitative estimate of drug-likeness (QED) is 0.336. The first kappa shape index (κ1) is 25.2. The predicted molar refractivity (Wildman–Crippen MR) is 131 cm³/mol. The molecule has 1 aromatic heterocycles. The maximum atomic E-state index is 14.6. The summed E-state index contributed by atoms with van der Waals surface area (Å²) in [5, 5.41) is 12.2. The van der Waals surface area contributed by atoms with Crippen LogP contribution in [0, 0.1) is 17.2 Å². The Balaban J connectivity index is 0.00000324. The van der Waals surface area contributed by atoms with Gasteiger partial charge in [0.05, 0.1) is 11.9 Å². The number of carbonyl (C=O) groups is 1. The number of urea groups is 1. The molecule has 1 saturated heterocycles. The zero-order chi connectivity index (χ0) is 25.3. The summed E-state index contributed by atoms with van der Waals surface area (Å²) < 4.78 is 28.8. The number of hydrogen-bond acceptors (Lipinski definition) is 8. The third kappa shape index (κ3) is 5.38. The number of piperidine rings is 1. The Labute approximate surface area is 200 Å². The SMILES string of the molecule is CNC(=O)N(N=N)c1cc(F)cc(Nc2ncc(F)c(NC3CC(C)(C)N(C)C(C)(C)C3)n2)c1.[HH].[HH]. The number of aromatic nitrogens is 2. The Kier molecular flexibility index (Phi) is 7.01. The molecule has 1 aromatic carbocycles. The zero-order valence-electron chi connectivity index (χ0n) is 20.2. The molecule has 3 rings (SSSR count). The van der Waals surface area contributed by atoms with E-state index in [1.54, 1.807) is 0 Å². The average molecular weight is 480 g/mol. The van der Waals surface area contributed by atoms with Crippen LogP contribution in [-0.4, -0.2) is 52.1 Å². The second kappa shape index (κ2) is 9.45. The van der Waals surface area contributed by atoms with Crippen LogP contribution in [0.5, 0.6) is 0 Å². The highest BCUT2D eigenvalue weighted by molar-refractivity contribution is 5.91. The molecule has 0 spiro atoms. The zero-order valence-corrected chi connectivity index (χ0v) is 20.2. The van der Waals surface area contributed by atoms with E-state index in [1.807, 2.05) is 0 Å². The van der Waals surface area contributed by atoms with Crippen LogP contribution >= 0.6 is 0 Å². The van der Waals surface area contributed by atoms with Crippen molar-refractivity contribution < 1.29 is 16.4 Å². The topological polar surface area (TPSA) is 122 Å². The molecule has 0 unspecified atom stereocenters. The van der Waals surface area contributed by atoms with Crippen LogP contribution in [0.3, 0.4) is 0 Å². The second-order valence-corrected chi connectivity index (χ2v) is 9.61. The van der Waals surface area contributed by atoms with Crippen molar-refractivity contribution in [1.29, 1.82) is 5.53 Å². The standard InChI is InChI=1S/C22H31F2N9O.2H2/c1-21(2)10-15(11-22(3,4)32(21)6)28-18-17(24)12-27-19(30-18)29-14-7-13(23)8-16(9-14)33(31-25)20(34)26-5;;/h7-9,12,15,25H,10-11H2,1-6H3,(H,26,34)(H2,27,28,29,30);2*1H. The third-order valence-electron chi connectivity index (χ3n) is 6.28. The van der Waals surface area contributed by atoms with Gasteiger partial charge in [-0.05, 0) is 65.8 Å². The van der Waals surface area contributed by atoms with Crippen LogP contribution in [0.4, 0.5) is 36.7 Å². The summed E-state index contributed by atoms with van der Waals surface area (Å²) in [5.41, 5.74) is 7.24. The fourth-order valence-corrected chi connectivity index (χ4v) is 4.42. The molecular formula is C22H35F2N9O. The molecule has 0 radical (unpaired) electrons. The Morgan fingerprint density at radius 3 is 2.47 bits per heavy atom. The van der Waals surface area contributed by atoms with Crippen LogP contribution in [0.1, 0.15) is 43.4 Å². The van der Waals surface area contributed by atoms with E-state index in [0.717, 1.165) is 31.2 Å². The first-order valence-electron chi connectivity index (χ1n) is 10.9. The molecule has 10 nitrogen and oxygen atoms in total. The fraction of sp³-hybridized carbons (Fsp3) is 0.500. The minimum absolute atomic E-state index is 0. The molecule has 1 fully saturated rings. The average Bonchev–Trinajstić information content (AvgIpc) is 2.74. The molecule has 1 aliphatic heterocycles. The first-order chi connectivity index (χ1) is 15.9. The van der Waals surface area contributed by atoms with Gasteiger partial charge in [0.25, 0.3) is 0 Å². The number of nitrogens with one attached hydrogen (secondary N) is 4. The van der Waals surface area contributed by atoms with Crippen molar-refractivity contribution in [2.45, 2.75) is 57.7 Å². The number of rotatable bonds is 6. The van der Waals surface area contributed by atoms with Gasteiger partial charge in [-0.15, -0.1) is 0 Å². The number of hydrogen-bond donors (Lipinski definition) is 4. The van der Waals surface area contributed by atoms with Crippen LogP contribution < -0.4 is 21.0 Å². The van der Waals surface area contributed by atoms with E-state index < -0.39 is 17.7 Å². The molecular weight excluding hydrogens is 444 g/mol. The van der Waals surface area contributed by atoms with E-state index in [0.29, 0.717) is 5.01 Å². The van der Waals surface area contributed by atoms with E-state index in [2.05, 4.69) is 70.8 Å². The van der Waals surface area contributed by atoms with Crippen molar-refractivity contribution in [1.82, 2.24) is 20.2 Å². The van der Waals surface area contributed by atoms with Gasteiger partial charge in [-0.3, -0.25) is 4.90 Å². The van der Waals surface area contributed by atoms with Gasteiger partial charge in [-0.25, -0.2) is 18.6 Å². The second-order valence-electron chi connectivity index (χ2n) is 9.61. The lowest BCUT2D eigenvalue weighted by Crippen LogP contribution is -2.61. The predicted octanol–water partition coefficient (Wildman–Crippen LogP) is 5.15. The van der Waals surface area contributed by atoms with Crippen LogP contribution in [0.25, 0.3) is 0 Å². The van der Waals surface area contributed by atoms with Gasteiger partial charge < -0.3 is 16.0 Å². The van der Waals surface area contributed by atoms with Gasteiger partial charge in [0.15, 0.2) is 11.6 Å². The smallest absolute Gasteiger partial charge is 0.343 e. The van der Waals surface area contributed by atoms with Crippen molar-refractivity contribution >= 4 is 29.2 Å². The normalized spacial score (nSPS) is 17.6. The van der Waals surface area contributed by atoms with Gasteiger partial charge in [0, 0.05) is 32.7 Å². The number of anilines is 4. The summed E-state index contributed by atoms with van der Waals surface area (Å²) in [6, 6.07) is 2.90. The summed E-state index contributed by atoms with van der Waals surface area (Å²) in [7, 11) is 3.46. The first-order valence-corrected chi connectivity index (χ1v) is 10.9. The van der Waals surface area contributed by atoms with Crippen molar-refractivity contribution in [2.75, 3.05) is 29.7 Å². The molecule has 0 bridgehead atoms. The number of carbonyl (C=O) groups excluding carboxylic acids is 1. The van der Waals surface area contributed by atoms with Gasteiger partial charge in [0.2, 0.25) is 5.95 Å². The van der Waals surface area contributed by atoms with Crippen LogP contribution in [-0.2, 0) is 0 Å². The molecule has 4 N–H and O–H groups in total. The number of benzene rings is 1. The number of amides is 2. The third-order valence-corrected chi connectivity index (χ3v) is 6.28. The van der Waals surface area contributed by atoms with Gasteiger partial charge in [0.1, 0.15) is 5.82 Å². The molecule has 2 aromatic rings. The number of likely N-dealkylation sites (tertiary alicyclic amines) is 1. The Morgan fingerprint density at radius 1 is 1.24 bits per heavy atom. The van der Waals surface area contributed by atoms with Crippen molar-refractivity contribution in [3.05, 3.63) is 36.0 Å². The Morgan fingerprint density at radius 2 is 1.88 bits per heavy atom. The fourth-order valence-electron chi connectivity index (χ4n) is 4.42. The maximum Gasteiger partial charge on any atom is 0.343 e. The van der Waals surface area contributed by atoms with E-state index in [9.17, 15) is 13.6 Å². The Bertz CT molecular complexity index is 1070. The van der Waals surface area contributed by atoms with E-state index >= 15 is 0 Å². The largest absolute Gasteiger partial charge is 0.365 e. The summed E-state index contributed by atoms with van der Waals surface area (Å²) in [6.45, 7) is 8.61. The lowest BCUT2D eigenvalue weighted by atomic mass is 9.77. The molecule has 34 heavy (non-hydrogen) atoms. The highest BCUT2D eigenvalue weighted by Gasteiger charge is 2.43. The van der Waals surface area contributed by atoms with Crippen molar-refractivity contribution in [3.63, 3.8) is 0 Å². The lowest BCUT2D eigenvalue weighted by molar-refractivity contribution is -0.00778. The molecule has 2 amide bonds. The highest BCUT2D eigenvalue weighted by atomic mass is 19.1.